The topological polar surface area (TPSA) is 63.5 Å². The number of nitrogens with zero attached hydrogens (tertiary/aromatic N) is 3. The van der Waals surface area contributed by atoms with Crippen molar-refractivity contribution in [2.45, 2.75) is 19.6 Å². The van der Waals surface area contributed by atoms with Gasteiger partial charge in [0.25, 0.3) is 0 Å². The van der Waals surface area contributed by atoms with E-state index in [0.29, 0.717) is 13.1 Å². The fourth-order valence-electron chi connectivity index (χ4n) is 3.55. The van der Waals surface area contributed by atoms with Crippen molar-refractivity contribution >= 4 is 16.7 Å². The summed E-state index contributed by atoms with van der Waals surface area (Å²) in [5, 5.41) is 13.5. The second-order valence-corrected chi connectivity index (χ2v) is 7.30. The number of rotatable bonds is 7. The maximum absolute atomic E-state index is 5.31. The molecule has 3 aromatic carbocycles. The zero-order valence-electron chi connectivity index (χ0n) is 17.9. The molecule has 6 heteroatoms. The number of aromatic nitrogens is 2. The average molecular weight is 414 g/mol. The van der Waals surface area contributed by atoms with E-state index < -0.39 is 0 Å². The van der Waals surface area contributed by atoms with Crippen molar-refractivity contribution in [1.29, 1.82) is 0 Å². The molecular formula is C25H27N5O. The zero-order valence-corrected chi connectivity index (χ0v) is 17.9. The minimum absolute atomic E-state index is 0.689. The lowest BCUT2D eigenvalue weighted by Gasteiger charge is -2.15. The minimum Gasteiger partial charge on any atom is -0.497 e. The molecule has 0 bridgehead atoms. The molecule has 0 unspecified atom stereocenters. The predicted molar refractivity (Wildman–Crippen MR) is 125 cm³/mol. The summed E-state index contributed by atoms with van der Waals surface area (Å²) in [6, 6.07) is 22.9. The van der Waals surface area contributed by atoms with Gasteiger partial charge in [0.2, 0.25) is 0 Å². The fraction of sp³-hybridized carbons (Fsp3) is 0.200. The van der Waals surface area contributed by atoms with Crippen LogP contribution in [0, 0.1) is 0 Å². The van der Waals surface area contributed by atoms with E-state index in [4.69, 9.17) is 4.74 Å². The Morgan fingerprint density at radius 3 is 2.48 bits per heavy atom. The molecule has 0 fully saturated rings. The van der Waals surface area contributed by atoms with Crippen LogP contribution in [0.3, 0.4) is 0 Å². The molecule has 2 N–H and O–H groups in total. The molecule has 0 aliphatic carbocycles. The van der Waals surface area contributed by atoms with Crippen LogP contribution in [0.25, 0.3) is 10.8 Å². The van der Waals surface area contributed by atoms with Crippen molar-refractivity contribution in [2.75, 3.05) is 14.2 Å². The molecule has 158 valence electrons. The molecule has 0 amide bonds. The lowest BCUT2D eigenvalue weighted by Crippen LogP contribution is -2.36. The lowest BCUT2D eigenvalue weighted by molar-refractivity contribution is 0.415. The number of aliphatic imine (C=N–C) groups is 1. The van der Waals surface area contributed by atoms with Crippen molar-refractivity contribution in [3.63, 3.8) is 0 Å². The Labute approximate surface area is 182 Å². The molecule has 1 aromatic heterocycles. The number of benzene rings is 3. The van der Waals surface area contributed by atoms with Crippen LogP contribution in [0.2, 0.25) is 0 Å². The summed E-state index contributed by atoms with van der Waals surface area (Å²) in [4.78, 5) is 4.37. The van der Waals surface area contributed by atoms with Gasteiger partial charge >= 0.3 is 0 Å². The van der Waals surface area contributed by atoms with Gasteiger partial charge in [0.15, 0.2) is 5.96 Å². The van der Waals surface area contributed by atoms with E-state index in [2.05, 4.69) is 69.3 Å². The molecule has 0 spiro atoms. The van der Waals surface area contributed by atoms with Gasteiger partial charge in [0, 0.05) is 32.5 Å². The Morgan fingerprint density at radius 2 is 1.71 bits per heavy atom. The lowest BCUT2D eigenvalue weighted by atomic mass is 10.1. The van der Waals surface area contributed by atoms with Gasteiger partial charge in [-0.3, -0.25) is 9.67 Å². The minimum atomic E-state index is 0.689. The summed E-state index contributed by atoms with van der Waals surface area (Å²) >= 11 is 0. The summed E-state index contributed by atoms with van der Waals surface area (Å²) in [5.74, 6) is 1.64. The van der Waals surface area contributed by atoms with Crippen LogP contribution >= 0.6 is 0 Å². The summed E-state index contributed by atoms with van der Waals surface area (Å²) in [5.41, 5.74) is 3.65. The second-order valence-electron chi connectivity index (χ2n) is 7.30. The number of hydrogen-bond acceptors (Lipinski definition) is 3. The SMILES string of the molecule is CN=C(NCc1ccc2cc(OC)ccc2c1)NCc1ccccc1Cn1cccn1. The van der Waals surface area contributed by atoms with Crippen LogP contribution in [0.5, 0.6) is 5.75 Å². The van der Waals surface area contributed by atoms with Gasteiger partial charge in [0.1, 0.15) is 5.75 Å². The fourth-order valence-corrected chi connectivity index (χ4v) is 3.55. The Kier molecular flexibility index (Phi) is 6.47. The smallest absolute Gasteiger partial charge is 0.191 e. The van der Waals surface area contributed by atoms with Gasteiger partial charge in [0.05, 0.1) is 13.7 Å². The first-order valence-electron chi connectivity index (χ1n) is 10.3. The van der Waals surface area contributed by atoms with Gasteiger partial charge in [-0.1, -0.05) is 42.5 Å². The van der Waals surface area contributed by atoms with Crippen molar-refractivity contribution < 1.29 is 4.74 Å². The van der Waals surface area contributed by atoms with E-state index >= 15 is 0 Å². The van der Waals surface area contributed by atoms with Crippen LogP contribution in [-0.4, -0.2) is 29.9 Å². The average Bonchev–Trinajstić information content (AvgIpc) is 3.33. The largest absolute Gasteiger partial charge is 0.497 e. The maximum atomic E-state index is 5.31. The normalized spacial score (nSPS) is 11.5. The maximum Gasteiger partial charge on any atom is 0.191 e. The molecule has 0 saturated carbocycles. The van der Waals surface area contributed by atoms with Crippen LogP contribution < -0.4 is 15.4 Å². The third-order valence-corrected chi connectivity index (χ3v) is 5.25. The van der Waals surface area contributed by atoms with Crippen LogP contribution in [-0.2, 0) is 19.6 Å². The molecule has 4 rings (SSSR count). The van der Waals surface area contributed by atoms with Crippen molar-refractivity contribution in [2.24, 2.45) is 4.99 Å². The van der Waals surface area contributed by atoms with E-state index in [1.54, 1.807) is 20.4 Å². The number of methoxy groups -OCH3 is 1. The molecule has 0 aliphatic heterocycles. The quantitative estimate of drug-likeness (QED) is 0.356. The Morgan fingerprint density at radius 1 is 0.935 bits per heavy atom. The van der Waals surface area contributed by atoms with Crippen LogP contribution in [0.4, 0.5) is 0 Å². The Bertz CT molecular complexity index is 1170. The van der Waals surface area contributed by atoms with Gasteiger partial charge in [-0.05, 0) is 51.7 Å². The number of guanidine groups is 1. The van der Waals surface area contributed by atoms with Gasteiger partial charge in [-0.15, -0.1) is 0 Å². The summed E-state index contributed by atoms with van der Waals surface area (Å²) in [7, 11) is 3.48. The highest BCUT2D eigenvalue weighted by atomic mass is 16.5. The molecule has 1 heterocycles. The molecule has 0 atom stereocenters. The van der Waals surface area contributed by atoms with Crippen molar-refractivity contribution in [1.82, 2.24) is 20.4 Å². The van der Waals surface area contributed by atoms with E-state index in [1.165, 1.54) is 27.5 Å². The Balaban J connectivity index is 1.37. The molecule has 0 radical (unpaired) electrons. The molecule has 31 heavy (non-hydrogen) atoms. The molecule has 4 aromatic rings. The molecular weight excluding hydrogens is 386 g/mol. The first-order valence-corrected chi connectivity index (χ1v) is 10.3. The van der Waals surface area contributed by atoms with E-state index in [1.807, 2.05) is 29.1 Å². The van der Waals surface area contributed by atoms with E-state index in [0.717, 1.165) is 18.3 Å². The van der Waals surface area contributed by atoms with Crippen molar-refractivity contribution in [3.8, 4) is 5.75 Å². The highest BCUT2D eigenvalue weighted by Gasteiger charge is 2.05. The standard InChI is InChI=1S/C25H27N5O/c1-26-25(27-16-19-8-9-21-15-24(31-2)11-10-20(21)14-19)28-17-22-6-3-4-7-23(22)18-30-13-5-12-29-30/h3-15H,16-18H2,1-2H3,(H2,26,27,28). The number of fused-ring (bicyclic) bond motifs is 1. The Hall–Kier alpha value is -3.80. The first kappa shape index (κ1) is 20.5. The zero-order chi connectivity index (χ0) is 21.5. The van der Waals surface area contributed by atoms with Gasteiger partial charge in [-0.25, -0.2) is 0 Å². The second kappa shape index (κ2) is 9.80. The highest BCUT2D eigenvalue weighted by molar-refractivity contribution is 5.85. The number of ether oxygens (including phenoxy) is 1. The van der Waals surface area contributed by atoms with Gasteiger partial charge < -0.3 is 15.4 Å². The predicted octanol–water partition coefficient (Wildman–Crippen LogP) is 3.96. The third-order valence-electron chi connectivity index (χ3n) is 5.25. The molecule has 0 saturated heterocycles. The van der Waals surface area contributed by atoms with E-state index in [-0.39, 0.29) is 0 Å². The van der Waals surface area contributed by atoms with Gasteiger partial charge in [-0.2, -0.15) is 5.10 Å². The monoisotopic (exact) mass is 413 g/mol. The summed E-state index contributed by atoms with van der Waals surface area (Å²) in [6.45, 7) is 2.13. The molecule has 6 nitrogen and oxygen atoms in total. The van der Waals surface area contributed by atoms with Crippen molar-refractivity contribution in [3.05, 3.63) is 95.8 Å². The molecule has 0 aliphatic rings. The van der Waals surface area contributed by atoms with Crippen LogP contribution in [0.15, 0.2) is 84.1 Å². The third kappa shape index (κ3) is 5.22. The number of hydrogen-bond donors (Lipinski definition) is 2. The first-order chi connectivity index (χ1) is 15.2. The number of nitrogens with one attached hydrogen (secondary N) is 2. The summed E-state index contributed by atoms with van der Waals surface area (Å²) < 4.78 is 7.24. The van der Waals surface area contributed by atoms with E-state index in [9.17, 15) is 0 Å². The summed E-state index contributed by atoms with van der Waals surface area (Å²) in [6.07, 6.45) is 3.78. The van der Waals surface area contributed by atoms with Crippen LogP contribution in [0.1, 0.15) is 16.7 Å². The highest BCUT2D eigenvalue weighted by Crippen LogP contribution is 2.21.